The highest BCUT2D eigenvalue weighted by molar-refractivity contribution is 5.79. The van der Waals surface area contributed by atoms with Crippen molar-refractivity contribution in [3.8, 4) is 0 Å². The van der Waals surface area contributed by atoms with Gasteiger partial charge in [0.2, 0.25) is 0 Å². The van der Waals surface area contributed by atoms with E-state index in [-0.39, 0.29) is 0 Å². The summed E-state index contributed by atoms with van der Waals surface area (Å²) in [5.41, 5.74) is 1.40. The summed E-state index contributed by atoms with van der Waals surface area (Å²) >= 11 is 0. The molecule has 1 aliphatic heterocycles. The van der Waals surface area contributed by atoms with Crippen molar-refractivity contribution in [2.45, 2.75) is 38.3 Å². The number of likely N-dealkylation sites (N-methyl/N-ethyl adjacent to an activating group) is 1. The van der Waals surface area contributed by atoms with Gasteiger partial charge in [0.15, 0.2) is 5.96 Å². The largest absolute Gasteiger partial charge is 0.385 e. The monoisotopic (exact) mass is 433 g/mol. The average molecular weight is 434 g/mol. The van der Waals surface area contributed by atoms with Crippen molar-refractivity contribution in [2.24, 2.45) is 4.99 Å². The van der Waals surface area contributed by atoms with Gasteiger partial charge in [-0.1, -0.05) is 30.3 Å². The topological polar surface area (TPSA) is 61.4 Å². The van der Waals surface area contributed by atoms with Crippen molar-refractivity contribution in [1.29, 1.82) is 0 Å². The molecule has 7 heteroatoms. The van der Waals surface area contributed by atoms with Gasteiger partial charge in [-0.2, -0.15) is 0 Å². The van der Waals surface area contributed by atoms with Gasteiger partial charge in [-0.15, -0.1) is 0 Å². The Kier molecular flexibility index (Phi) is 13.2. The summed E-state index contributed by atoms with van der Waals surface area (Å²) in [6.07, 6.45) is 4.70. The number of ether oxygens (including phenoxy) is 2. The van der Waals surface area contributed by atoms with Gasteiger partial charge in [-0.05, 0) is 38.3 Å². The van der Waals surface area contributed by atoms with Crippen LogP contribution in [0.4, 0.5) is 0 Å². The maximum absolute atomic E-state index is 6.11. The minimum absolute atomic E-state index is 0.401. The van der Waals surface area contributed by atoms with Gasteiger partial charge >= 0.3 is 0 Å². The molecule has 0 bridgehead atoms. The Morgan fingerprint density at radius 1 is 1.06 bits per heavy atom. The van der Waals surface area contributed by atoms with Gasteiger partial charge in [0, 0.05) is 73.2 Å². The molecule has 1 aliphatic rings. The third-order valence-corrected chi connectivity index (χ3v) is 5.65. The van der Waals surface area contributed by atoms with Gasteiger partial charge in [0.25, 0.3) is 0 Å². The van der Waals surface area contributed by atoms with Gasteiger partial charge in [0.1, 0.15) is 0 Å². The number of benzene rings is 1. The van der Waals surface area contributed by atoms with Crippen molar-refractivity contribution < 1.29 is 9.47 Å². The molecule has 0 spiro atoms. The summed E-state index contributed by atoms with van der Waals surface area (Å²) in [5.74, 6) is 0.861. The van der Waals surface area contributed by atoms with Gasteiger partial charge < -0.3 is 25.0 Å². The molecule has 1 heterocycles. The molecule has 1 aromatic carbocycles. The molecule has 2 N–H and O–H groups in total. The molecular weight excluding hydrogens is 390 g/mol. The Balaban J connectivity index is 1.47. The number of aliphatic imine (C=N–C) groups is 1. The van der Waals surface area contributed by atoms with E-state index in [1.807, 2.05) is 7.05 Å². The van der Waals surface area contributed by atoms with E-state index < -0.39 is 0 Å². The van der Waals surface area contributed by atoms with Gasteiger partial charge in [0.05, 0.1) is 6.10 Å². The highest BCUT2D eigenvalue weighted by Crippen LogP contribution is 2.16. The zero-order chi connectivity index (χ0) is 22.2. The van der Waals surface area contributed by atoms with E-state index in [1.165, 1.54) is 5.56 Å². The lowest BCUT2D eigenvalue weighted by Crippen LogP contribution is -2.41. The second-order valence-corrected chi connectivity index (χ2v) is 8.26. The second-order valence-electron chi connectivity index (χ2n) is 8.26. The standard InChI is InChI=1S/C24H43N5O2/c1-25-24(27-14-18-28(2)15-8-19-30-3)26-13-7-20-31-23-11-16-29(17-12-23)21-22-9-5-4-6-10-22/h4-6,9-10,23H,7-8,11-21H2,1-3H3,(H2,25,26,27). The SMILES string of the molecule is CN=C(NCCCOC1CCN(Cc2ccccc2)CC1)NCCN(C)CCCOC. The lowest BCUT2D eigenvalue weighted by Gasteiger charge is -2.32. The first kappa shape index (κ1) is 25.6. The zero-order valence-electron chi connectivity index (χ0n) is 19.8. The molecule has 0 radical (unpaired) electrons. The van der Waals surface area contributed by atoms with Crippen molar-refractivity contribution in [3.05, 3.63) is 35.9 Å². The number of rotatable bonds is 14. The Morgan fingerprint density at radius 2 is 1.81 bits per heavy atom. The predicted molar refractivity (Wildman–Crippen MR) is 129 cm³/mol. The Bertz CT molecular complexity index is 591. The third kappa shape index (κ3) is 11.5. The number of methoxy groups -OCH3 is 1. The normalized spacial score (nSPS) is 16.1. The average Bonchev–Trinajstić information content (AvgIpc) is 2.79. The number of guanidine groups is 1. The third-order valence-electron chi connectivity index (χ3n) is 5.65. The van der Waals surface area contributed by atoms with Crippen LogP contribution >= 0.6 is 0 Å². The van der Waals surface area contributed by atoms with Crippen LogP contribution < -0.4 is 10.6 Å². The summed E-state index contributed by atoms with van der Waals surface area (Å²) in [5, 5.41) is 6.76. The molecule has 7 nitrogen and oxygen atoms in total. The first-order valence-electron chi connectivity index (χ1n) is 11.7. The molecule has 1 saturated heterocycles. The molecule has 1 aromatic rings. The van der Waals surface area contributed by atoms with E-state index in [0.717, 1.165) is 90.7 Å². The summed E-state index contributed by atoms with van der Waals surface area (Å²) in [6, 6.07) is 10.7. The van der Waals surface area contributed by atoms with E-state index in [0.29, 0.717) is 6.10 Å². The van der Waals surface area contributed by atoms with E-state index in [1.54, 1.807) is 7.11 Å². The molecule has 0 aliphatic carbocycles. The molecule has 0 aromatic heterocycles. The van der Waals surface area contributed by atoms with Crippen LogP contribution in [-0.2, 0) is 16.0 Å². The lowest BCUT2D eigenvalue weighted by atomic mass is 10.1. The number of nitrogens with zero attached hydrogens (tertiary/aromatic N) is 3. The minimum Gasteiger partial charge on any atom is -0.385 e. The molecule has 0 atom stereocenters. The van der Waals surface area contributed by atoms with E-state index in [4.69, 9.17) is 9.47 Å². The van der Waals surface area contributed by atoms with Crippen LogP contribution in [0.1, 0.15) is 31.2 Å². The first-order valence-corrected chi connectivity index (χ1v) is 11.7. The smallest absolute Gasteiger partial charge is 0.191 e. The summed E-state index contributed by atoms with van der Waals surface area (Å²) in [4.78, 5) is 9.13. The predicted octanol–water partition coefficient (Wildman–Crippen LogP) is 2.19. The summed E-state index contributed by atoms with van der Waals surface area (Å²) in [6.45, 7) is 8.68. The molecule has 0 unspecified atom stereocenters. The molecule has 0 saturated carbocycles. The quantitative estimate of drug-likeness (QED) is 0.266. The number of piperidine rings is 1. The second kappa shape index (κ2) is 16.0. The van der Waals surface area contributed by atoms with Crippen LogP contribution in [0.25, 0.3) is 0 Å². The van der Waals surface area contributed by atoms with Crippen molar-refractivity contribution in [3.63, 3.8) is 0 Å². The molecule has 0 amide bonds. The van der Waals surface area contributed by atoms with Crippen LogP contribution in [0, 0.1) is 0 Å². The summed E-state index contributed by atoms with van der Waals surface area (Å²) in [7, 11) is 5.70. The van der Waals surface area contributed by atoms with E-state index >= 15 is 0 Å². The zero-order valence-corrected chi connectivity index (χ0v) is 19.8. The van der Waals surface area contributed by atoms with Crippen molar-refractivity contribution >= 4 is 5.96 Å². The molecule has 31 heavy (non-hydrogen) atoms. The first-order chi connectivity index (χ1) is 15.2. The van der Waals surface area contributed by atoms with Crippen LogP contribution in [0.5, 0.6) is 0 Å². The molecular formula is C24H43N5O2. The highest BCUT2D eigenvalue weighted by Gasteiger charge is 2.19. The maximum atomic E-state index is 6.11. The number of likely N-dealkylation sites (tertiary alicyclic amines) is 1. The lowest BCUT2D eigenvalue weighted by molar-refractivity contribution is 0.00534. The fraction of sp³-hybridized carbons (Fsp3) is 0.708. The number of hydrogen-bond acceptors (Lipinski definition) is 5. The molecule has 176 valence electrons. The van der Waals surface area contributed by atoms with Gasteiger partial charge in [-0.3, -0.25) is 9.89 Å². The number of hydrogen-bond donors (Lipinski definition) is 2. The van der Waals surface area contributed by atoms with E-state index in [9.17, 15) is 0 Å². The Labute approximate surface area is 189 Å². The van der Waals surface area contributed by atoms with Crippen LogP contribution in [0.2, 0.25) is 0 Å². The maximum Gasteiger partial charge on any atom is 0.191 e. The van der Waals surface area contributed by atoms with Gasteiger partial charge in [-0.25, -0.2) is 0 Å². The van der Waals surface area contributed by atoms with Crippen molar-refractivity contribution in [1.82, 2.24) is 20.4 Å². The van der Waals surface area contributed by atoms with E-state index in [2.05, 4.69) is 62.8 Å². The van der Waals surface area contributed by atoms with Crippen LogP contribution in [0.15, 0.2) is 35.3 Å². The fourth-order valence-electron chi connectivity index (χ4n) is 3.78. The molecule has 2 rings (SSSR count). The minimum atomic E-state index is 0.401. The van der Waals surface area contributed by atoms with Crippen LogP contribution in [-0.4, -0.2) is 95.6 Å². The molecule has 1 fully saturated rings. The summed E-state index contributed by atoms with van der Waals surface area (Å²) < 4.78 is 11.2. The Hall–Kier alpha value is -1.67. The highest BCUT2D eigenvalue weighted by atomic mass is 16.5. The number of nitrogens with one attached hydrogen (secondary N) is 2. The van der Waals surface area contributed by atoms with Crippen molar-refractivity contribution in [2.75, 3.05) is 73.7 Å². The fourth-order valence-corrected chi connectivity index (χ4v) is 3.78. The van der Waals surface area contributed by atoms with Crippen LogP contribution in [0.3, 0.4) is 0 Å². The Morgan fingerprint density at radius 3 is 2.52 bits per heavy atom.